The van der Waals surface area contributed by atoms with Gasteiger partial charge < -0.3 is 14.4 Å². The molecule has 0 N–H and O–H groups in total. The minimum absolute atomic E-state index is 0.0305. The van der Waals surface area contributed by atoms with Gasteiger partial charge in [-0.1, -0.05) is 30.3 Å². The highest BCUT2D eigenvalue weighted by Crippen LogP contribution is 2.26. The largest absolute Gasteiger partial charge is 0.462 e. The van der Waals surface area contributed by atoms with E-state index >= 15 is 0 Å². The first-order valence-corrected chi connectivity index (χ1v) is 10.8. The fourth-order valence-electron chi connectivity index (χ4n) is 3.98. The molecular weight excluding hydrogens is 406 g/mol. The van der Waals surface area contributed by atoms with Crippen molar-refractivity contribution in [2.75, 3.05) is 19.7 Å². The number of esters is 1. The Labute approximate surface area is 187 Å². The number of morpholine rings is 1. The van der Waals surface area contributed by atoms with Gasteiger partial charge in [-0.05, 0) is 50.6 Å². The number of benzene rings is 2. The molecule has 1 amide bonds. The van der Waals surface area contributed by atoms with Crippen molar-refractivity contribution in [2.45, 2.75) is 33.0 Å². The molecular formula is C25H27N3O4. The van der Waals surface area contributed by atoms with Crippen molar-refractivity contribution >= 4 is 11.9 Å². The Kier molecular flexibility index (Phi) is 6.37. The highest BCUT2D eigenvalue weighted by Gasteiger charge is 2.30. The van der Waals surface area contributed by atoms with E-state index in [1.165, 1.54) is 6.20 Å². The molecule has 1 aliphatic heterocycles. The molecule has 2 aromatic carbocycles. The molecule has 0 bridgehead atoms. The molecule has 4 rings (SSSR count). The molecule has 3 aromatic rings. The Morgan fingerprint density at radius 1 is 1.09 bits per heavy atom. The van der Waals surface area contributed by atoms with E-state index in [2.05, 4.69) is 5.10 Å². The van der Waals surface area contributed by atoms with Crippen molar-refractivity contribution < 1.29 is 19.1 Å². The summed E-state index contributed by atoms with van der Waals surface area (Å²) in [5.41, 5.74) is 3.56. The first-order valence-electron chi connectivity index (χ1n) is 10.8. The Hall–Kier alpha value is -3.45. The summed E-state index contributed by atoms with van der Waals surface area (Å²) in [7, 11) is 0. The zero-order valence-electron chi connectivity index (χ0n) is 18.5. The predicted molar refractivity (Wildman–Crippen MR) is 120 cm³/mol. The van der Waals surface area contributed by atoms with E-state index < -0.39 is 5.97 Å². The number of hydrogen-bond acceptors (Lipinski definition) is 5. The molecule has 1 saturated heterocycles. The van der Waals surface area contributed by atoms with Crippen LogP contribution >= 0.6 is 0 Å². The minimum Gasteiger partial charge on any atom is -0.462 e. The first kappa shape index (κ1) is 21.8. The van der Waals surface area contributed by atoms with Crippen LogP contribution < -0.4 is 0 Å². The van der Waals surface area contributed by atoms with Crippen molar-refractivity contribution in [3.05, 3.63) is 83.2 Å². The fourth-order valence-corrected chi connectivity index (χ4v) is 3.98. The summed E-state index contributed by atoms with van der Waals surface area (Å²) in [6, 6.07) is 17.2. The van der Waals surface area contributed by atoms with Crippen LogP contribution in [-0.4, -0.2) is 52.4 Å². The third-order valence-electron chi connectivity index (χ3n) is 5.58. The summed E-state index contributed by atoms with van der Waals surface area (Å²) in [4.78, 5) is 27.1. The van der Waals surface area contributed by atoms with Crippen LogP contribution in [0.2, 0.25) is 0 Å². The van der Waals surface area contributed by atoms with Crippen LogP contribution in [0.4, 0.5) is 0 Å². The second-order valence-electron chi connectivity index (χ2n) is 7.88. The lowest BCUT2D eigenvalue weighted by molar-refractivity contribution is -0.0691. The standard InChI is InChI=1S/C25H27N3O4/c1-4-31-25(30)22-14-26-28(18(22)3)21-12-10-20(11-13-21)24(29)27-15-17(2)32-23(16-27)19-8-6-5-7-9-19/h5-14,17,23H,4,15-16H2,1-3H3. The molecule has 0 aliphatic carbocycles. The monoisotopic (exact) mass is 433 g/mol. The average molecular weight is 434 g/mol. The molecule has 2 heterocycles. The van der Waals surface area contributed by atoms with Gasteiger partial charge in [-0.3, -0.25) is 4.79 Å². The van der Waals surface area contributed by atoms with Gasteiger partial charge in [0, 0.05) is 12.1 Å². The van der Waals surface area contributed by atoms with E-state index in [1.807, 2.05) is 61.2 Å². The molecule has 2 unspecified atom stereocenters. The summed E-state index contributed by atoms with van der Waals surface area (Å²) >= 11 is 0. The fraction of sp³-hybridized carbons (Fsp3) is 0.320. The molecule has 2 atom stereocenters. The molecule has 166 valence electrons. The lowest BCUT2D eigenvalue weighted by Crippen LogP contribution is -2.45. The molecule has 1 aliphatic rings. The van der Waals surface area contributed by atoms with Gasteiger partial charge >= 0.3 is 5.97 Å². The maximum atomic E-state index is 13.2. The van der Waals surface area contributed by atoms with E-state index in [1.54, 1.807) is 23.7 Å². The van der Waals surface area contributed by atoms with Gasteiger partial charge in [0.2, 0.25) is 0 Å². The van der Waals surface area contributed by atoms with E-state index in [4.69, 9.17) is 9.47 Å². The van der Waals surface area contributed by atoms with E-state index in [0.717, 1.165) is 11.3 Å². The summed E-state index contributed by atoms with van der Waals surface area (Å²) in [5.74, 6) is -0.422. The van der Waals surface area contributed by atoms with Crippen LogP contribution in [-0.2, 0) is 9.47 Å². The van der Waals surface area contributed by atoms with Gasteiger partial charge in [0.15, 0.2) is 0 Å². The molecule has 0 saturated carbocycles. The number of rotatable bonds is 5. The van der Waals surface area contributed by atoms with Crippen LogP contribution in [0.1, 0.15) is 51.9 Å². The van der Waals surface area contributed by atoms with Gasteiger partial charge in [0.25, 0.3) is 5.91 Å². The smallest absolute Gasteiger partial charge is 0.341 e. The lowest BCUT2D eigenvalue weighted by Gasteiger charge is -2.37. The van der Waals surface area contributed by atoms with Crippen molar-refractivity contribution in [1.82, 2.24) is 14.7 Å². The van der Waals surface area contributed by atoms with Crippen LogP contribution in [0.25, 0.3) is 5.69 Å². The molecule has 7 nitrogen and oxygen atoms in total. The Bertz CT molecular complexity index is 1090. The molecule has 1 aromatic heterocycles. The quantitative estimate of drug-likeness (QED) is 0.570. The van der Waals surface area contributed by atoms with E-state index in [-0.39, 0.29) is 18.1 Å². The Morgan fingerprint density at radius 2 is 1.81 bits per heavy atom. The minimum atomic E-state index is -0.391. The maximum absolute atomic E-state index is 13.2. The highest BCUT2D eigenvalue weighted by atomic mass is 16.5. The van der Waals surface area contributed by atoms with Crippen molar-refractivity contribution in [1.29, 1.82) is 0 Å². The summed E-state index contributed by atoms with van der Waals surface area (Å²) in [5, 5.41) is 4.31. The van der Waals surface area contributed by atoms with Crippen LogP contribution in [0.15, 0.2) is 60.8 Å². The van der Waals surface area contributed by atoms with Gasteiger partial charge in [0.05, 0.1) is 36.8 Å². The number of aromatic nitrogens is 2. The average Bonchev–Trinajstić information content (AvgIpc) is 3.20. The molecule has 7 heteroatoms. The summed E-state index contributed by atoms with van der Waals surface area (Å²) in [6.07, 6.45) is 1.31. The summed E-state index contributed by atoms with van der Waals surface area (Å²) in [6.45, 7) is 6.94. The predicted octanol–water partition coefficient (Wildman–Crippen LogP) is 3.96. The normalized spacial score (nSPS) is 18.4. The number of nitrogens with zero attached hydrogens (tertiary/aromatic N) is 3. The molecule has 1 fully saturated rings. The number of carbonyl (C=O) groups is 2. The molecule has 0 radical (unpaired) electrons. The third-order valence-corrected chi connectivity index (χ3v) is 5.58. The second-order valence-corrected chi connectivity index (χ2v) is 7.88. The zero-order valence-corrected chi connectivity index (χ0v) is 18.5. The molecule has 0 spiro atoms. The van der Waals surface area contributed by atoms with Crippen molar-refractivity contribution in [2.24, 2.45) is 0 Å². The van der Waals surface area contributed by atoms with E-state index in [0.29, 0.717) is 36.5 Å². The van der Waals surface area contributed by atoms with Gasteiger partial charge in [0.1, 0.15) is 11.7 Å². The molecule has 32 heavy (non-hydrogen) atoms. The number of ether oxygens (including phenoxy) is 2. The number of carbonyl (C=O) groups excluding carboxylic acids is 2. The van der Waals surface area contributed by atoms with Crippen molar-refractivity contribution in [3.8, 4) is 5.69 Å². The van der Waals surface area contributed by atoms with Crippen LogP contribution in [0.5, 0.6) is 0 Å². The SMILES string of the molecule is CCOC(=O)c1cnn(-c2ccc(C(=O)N3CC(C)OC(c4ccccc4)C3)cc2)c1C. The Balaban J connectivity index is 1.50. The van der Waals surface area contributed by atoms with Gasteiger partial charge in [-0.15, -0.1) is 0 Å². The van der Waals surface area contributed by atoms with Gasteiger partial charge in [-0.2, -0.15) is 5.10 Å². The third kappa shape index (κ3) is 4.43. The van der Waals surface area contributed by atoms with Crippen molar-refractivity contribution in [3.63, 3.8) is 0 Å². The second kappa shape index (κ2) is 9.36. The maximum Gasteiger partial charge on any atom is 0.341 e. The zero-order chi connectivity index (χ0) is 22.7. The first-order chi connectivity index (χ1) is 15.5. The number of hydrogen-bond donors (Lipinski definition) is 0. The van der Waals surface area contributed by atoms with Crippen LogP contribution in [0.3, 0.4) is 0 Å². The van der Waals surface area contributed by atoms with Crippen LogP contribution in [0, 0.1) is 6.92 Å². The highest BCUT2D eigenvalue weighted by molar-refractivity contribution is 5.94. The topological polar surface area (TPSA) is 73.7 Å². The van der Waals surface area contributed by atoms with E-state index in [9.17, 15) is 9.59 Å². The number of amides is 1. The lowest BCUT2D eigenvalue weighted by atomic mass is 10.1. The van der Waals surface area contributed by atoms with Gasteiger partial charge in [-0.25, -0.2) is 9.48 Å². The Morgan fingerprint density at radius 3 is 2.50 bits per heavy atom. The summed E-state index contributed by atoms with van der Waals surface area (Å²) < 4.78 is 12.8.